The van der Waals surface area contributed by atoms with Gasteiger partial charge in [0.05, 0.1) is 5.56 Å². The number of piperidine rings is 2. The van der Waals surface area contributed by atoms with Crippen molar-refractivity contribution in [3.05, 3.63) is 84.4 Å². The third-order valence-corrected chi connectivity index (χ3v) is 9.96. The van der Waals surface area contributed by atoms with Gasteiger partial charge in [0.2, 0.25) is 10.0 Å². The fraction of sp³-hybridized carbons (Fsp3) is 0.355. The molecule has 2 aromatic carbocycles. The number of amides is 1. The monoisotopic (exact) mass is 628 g/mol. The van der Waals surface area contributed by atoms with Crippen LogP contribution in [-0.4, -0.2) is 61.9 Å². The Morgan fingerprint density at radius 2 is 1.68 bits per heavy atom. The van der Waals surface area contributed by atoms with Crippen LogP contribution in [0.5, 0.6) is 5.75 Å². The third-order valence-electron chi connectivity index (χ3n) is 8.08. The number of fused-ring (bicyclic) bond motifs is 1. The van der Waals surface area contributed by atoms with Gasteiger partial charge in [0.1, 0.15) is 22.3 Å². The second kappa shape index (κ2) is 12.1. The number of furan rings is 1. The lowest BCUT2D eigenvalue weighted by molar-refractivity contribution is -0.137. The van der Waals surface area contributed by atoms with E-state index in [0.29, 0.717) is 50.1 Å². The first-order valence-electron chi connectivity index (χ1n) is 14.4. The maximum absolute atomic E-state index is 13.0. The summed E-state index contributed by atoms with van der Waals surface area (Å²) in [6.07, 6.45) is 0.780. The molecule has 2 aromatic heterocycles. The van der Waals surface area contributed by atoms with E-state index >= 15 is 0 Å². The van der Waals surface area contributed by atoms with E-state index in [2.05, 4.69) is 10.3 Å². The fourth-order valence-corrected chi connectivity index (χ4v) is 7.06. The van der Waals surface area contributed by atoms with Crippen molar-refractivity contribution >= 4 is 32.6 Å². The van der Waals surface area contributed by atoms with E-state index in [0.717, 1.165) is 23.2 Å². The SMILES string of the molecule is O=C(NC1CCN(S(=O)(=O)c2cccnc2)CC1)c1cc2ccc(OC3CCN(c4ccc(C(F)(F)F)cc4)CC3)cc2o1. The third kappa shape index (κ3) is 6.53. The molecule has 2 saturated heterocycles. The van der Waals surface area contributed by atoms with E-state index < -0.39 is 21.8 Å². The second-order valence-corrected chi connectivity index (χ2v) is 12.9. The molecular formula is C31H31F3N4O5S. The van der Waals surface area contributed by atoms with Crippen LogP contribution in [0.25, 0.3) is 11.0 Å². The Morgan fingerprint density at radius 1 is 0.955 bits per heavy atom. The summed E-state index contributed by atoms with van der Waals surface area (Å²) in [5, 5.41) is 3.71. The molecule has 13 heteroatoms. The van der Waals surface area contributed by atoms with Gasteiger partial charge in [0, 0.05) is 74.6 Å². The number of hydrogen-bond acceptors (Lipinski definition) is 7. The van der Waals surface area contributed by atoms with Crippen LogP contribution in [0.4, 0.5) is 18.9 Å². The zero-order valence-electron chi connectivity index (χ0n) is 23.7. The number of ether oxygens (including phenoxy) is 1. The highest BCUT2D eigenvalue weighted by Gasteiger charge is 2.32. The molecule has 9 nitrogen and oxygen atoms in total. The van der Waals surface area contributed by atoms with Crippen LogP contribution < -0.4 is 15.0 Å². The minimum absolute atomic E-state index is 0.0660. The first-order valence-corrected chi connectivity index (χ1v) is 15.8. The number of aromatic nitrogens is 1. The molecule has 6 rings (SSSR count). The van der Waals surface area contributed by atoms with E-state index in [9.17, 15) is 26.4 Å². The Hall–Kier alpha value is -4.10. The quantitative estimate of drug-likeness (QED) is 0.289. The molecule has 44 heavy (non-hydrogen) atoms. The van der Waals surface area contributed by atoms with Gasteiger partial charge < -0.3 is 19.4 Å². The molecular weight excluding hydrogens is 597 g/mol. The summed E-state index contributed by atoms with van der Waals surface area (Å²) in [7, 11) is -3.63. The molecule has 0 atom stereocenters. The highest BCUT2D eigenvalue weighted by atomic mass is 32.2. The number of carbonyl (C=O) groups is 1. The number of nitrogens with one attached hydrogen (secondary N) is 1. The topological polar surface area (TPSA) is 105 Å². The molecule has 4 aromatic rings. The standard InChI is InChI=1S/C31H31F3N4O5S/c32-31(33,34)22-4-6-24(7-5-22)37-14-11-25(12-15-37)42-26-8-3-21-18-29(43-28(21)19-26)30(39)36-23-9-16-38(17-10-23)44(40,41)27-2-1-13-35-20-27/h1-8,13,18-20,23,25H,9-12,14-17H2,(H,36,39). The van der Waals surface area contributed by atoms with Gasteiger partial charge in [-0.05, 0) is 67.4 Å². The summed E-state index contributed by atoms with van der Waals surface area (Å²) >= 11 is 0. The van der Waals surface area contributed by atoms with E-state index in [1.54, 1.807) is 18.2 Å². The van der Waals surface area contributed by atoms with Crippen LogP contribution in [-0.2, 0) is 16.2 Å². The van der Waals surface area contributed by atoms with Gasteiger partial charge in [-0.3, -0.25) is 9.78 Å². The van der Waals surface area contributed by atoms with Crippen LogP contribution >= 0.6 is 0 Å². The Bertz CT molecular complexity index is 1710. The van der Waals surface area contributed by atoms with E-state index in [-0.39, 0.29) is 41.8 Å². The van der Waals surface area contributed by atoms with Gasteiger partial charge in [0.15, 0.2) is 5.76 Å². The molecule has 0 bridgehead atoms. The summed E-state index contributed by atoms with van der Waals surface area (Å²) in [4.78, 5) is 19.1. The normalized spacial score (nSPS) is 17.6. The second-order valence-electron chi connectivity index (χ2n) is 11.0. The van der Waals surface area contributed by atoms with Gasteiger partial charge >= 0.3 is 6.18 Å². The van der Waals surface area contributed by atoms with Gasteiger partial charge in [-0.25, -0.2) is 8.42 Å². The van der Waals surface area contributed by atoms with E-state index in [1.165, 1.54) is 34.9 Å². The summed E-state index contributed by atoms with van der Waals surface area (Å²) in [6, 6.07) is 15.2. The highest BCUT2D eigenvalue weighted by Crippen LogP contribution is 2.32. The van der Waals surface area contributed by atoms with E-state index in [1.807, 2.05) is 17.0 Å². The van der Waals surface area contributed by atoms with Crippen molar-refractivity contribution in [1.82, 2.24) is 14.6 Å². The number of pyridine rings is 1. The van der Waals surface area contributed by atoms with Crippen molar-refractivity contribution in [3.63, 3.8) is 0 Å². The number of hydrogen-bond donors (Lipinski definition) is 1. The van der Waals surface area contributed by atoms with Crippen LogP contribution in [0.2, 0.25) is 0 Å². The number of alkyl halides is 3. The molecule has 232 valence electrons. The minimum atomic E-state index is -4.36. The van der Waals surface area contributed by atoms with Crippen molar-refractivity contribution in [1.29, 1.82) is 0 Å². The van der Waals surface area contributed by atoms with Gasteiger partial charge in [-0.15, -0.1) is 0 Å². The molecule has 1 N–H and O–H groups in total. The fourth-order valence-electron chi connectivity index (χ4n) is 5.63. The van der Waals surface area contributed by atoms with Crippen molar-refractivity contribution in [2.45, 2.75) is 48.9 Å². The predicted molar refractivity (Wildman–Crippen MR) is 157 cm³/mol. The molecule has 0 spiro atoms. The van der Waals surface area contributed by atoms with Crippen LogP contribution in [0.15, 0.2) is 82.4 Å². The predicted octanol–water partition coefficient (Wildman–Crippen LogP) is 5.48. The average molecular weight is 629 g/mol. The zero-order chi connectivity index (χ0) is 30.9. The molecule has 0 unspecified atom stereocenters. The number of rotatable bonds is 7. The van der Waals surface area contributed by atoms with Crippen LogP contribution in [0.1, 0.15) is 41.8 Å². The van der Waals surface area contributed by atoms with Crippen molar-refractivity contribution in [2.75, 3.05) is 31.1 Å². The van der Waals surface area contributed by atoms with E-state index in [4.69, 9.17) is 9.15 Å². The molecule has 4 heterocycles. The zero-order valence-corrected chi connectivity index (χ0v) is 24.5. The lowest BCUT2D eigenvalue weighted by atomic mass is 10.1. The van der Waals surface area contributed by atoms with Gasteiger partial charge in [-0.1, -0.05) is 0 Å². The van der Waals surface area contributed by atoms with Crippen LogP contribution in [0.3, 0.4) is 0 Å². The molecule has 0 aliphatic carbocycles. The maximum atomic E-state index is 13.0. The highest BCUT2D eigenvalue weighted by molar-refractivity contribution is 7.89. The summed E-state index contributed by atoms with van der Waals surface area (Å²) < 4.78 is 77.7. The summed E-state index contributed by atoms with van der Waals surface area (Å²) in [5.74, 6) is 0.397. The number of anilines is 1. The Balaban J connectivity index is 1.01. The van der Waals surface area contributed by atoms with Gasteiger partial charge in [0.25, 0.3) is 5.91 Å². The molecule has 2 aliphatic heterocycles. The number of carbonyl (C=O) groups excluding carboxylic acids is 1. The Morgan fingerprint density at radius 3 is 2.34 bits per heavy atom. The molecule has 0 radical (unpaired) electrons. The van der Waals surface area contributed by atoms with Crippen molar-refractivity contribution < 1.29 is 35.5 Å². The molecule has 2 aliphatic rings. The lowest BCUT2D eigenvalue weighted by Gasteiger charge is -2.33. The molecule has 2 fully saturated rings. The minimum Gasteiger partial charge on any atom is -0.490 e. The largest absolute Gasteiger partial charge is 0.490 e. The number of nitrogens with zero attached hydrogens (tertiary/aromatic N) is 3. The molecule has 1 amide bonds. The summed E-state index contributed by atoms with van der Waals surface area (Å²) in [6.45, 7) is 1.87. The van der Waals surface area contributed by atoms with Gasteiger partial charge in [-0.2, -0.15) is 17.5 Å². The number of benzene rings is 2. The van der Waals surface area contributed by atoms with Crippen molar-refractivity contribution in [2.24, 2.45) is 0 Å². The summed E-state index contributed by atoms with van der Waals surface area (Å²) in [5.41, 5.74) is 0.593. The first kappa shape index (κ1) is 29.9. The smallest absolute Gasteiger partial charge is 0.416 e. The lowest BCUT2D eigenvalue weighted by Crippen LogP contribution is -2.46. The molecule has 0 saturated carbocycles. The first-order chi connectivity index (χ1) is 21.1. The van der Waals surface area contributed by atoms with Crippen molar-refractivity contribution in [3.8, 4) is 5.75 Å². The number of sulfonamides is 1. The number of halogens is 3. The average Bonchev–Trinajstić information content (AvgIpc) is 3.46. The maximum Gasteiger partial charge on any atom is 0.416 e. The Kier molecular flexibility index (Phi) is 8.25. The van der Waals surface area contributed by atoms with Crippen LogP contribution in [0, 0.1) is 0 Å². The Labute approximate surface area is 252 Å².